The lowest BCUT2D eigenvalue weighted by molar-refractivity contribution is 0.102. The molecular formula is C22H22ClN3O4S2. The molecule has 0 aliphatic carbocycles. The van der Waals surface area contributed by atoms with Gasteiger partial charge in [-0.05, 0) is 42.7 Å². The van der Waals surface area contributed by atoms with E-state index in [0.29, 0.717) is 29.7 Å². The van der Waals surface area contributed by atoms with Crippen LogP contribution in [0.3, 0.4) is 0 Å². The molecule has 1 fully saturated rings. The standard InChI is InChI=1S/C22H22ClN3O4S2/c1-30-19-9-8-16(13-20(19)32(28,29)26-10-4-5-11-26)21(27)25-22-24-14-17(31-22)12-15-6-2-3-7-18(15)23/h2-3,6-9,13-14H,4-5,10-12H2,1H3,(H,24,25,27). The zero-order valence-corrected chi connectivity index (χ0v) is 19.8. The monoisotopic (exact) mass is 491 g/mol. The second-order valence-corrected chi connectivity index (χ2v) is 10.8. The molecule has 3 aromatic rings. The summed E-state index contributed by atoms with van der Waals surface area (Å²) in [6.45, 7) is 0.935. The highest BCUT2D eigenvalue weighted by atomic mass is 35.5. The van der Waals surface area contributed by atoms with Gasteiger partial charge in [0.1, 0.15) is 10.6 Å². The number of aromatic nitrogens is 1. The maximum atomic E-state index is 13.0. The van der Waals surface area contributed by atoms with E-state index in [4.69, 9.17) is 16.3 Å². The van der Waals surface area contributed by atoms with Crippen LogP contribution in [-0.4, -0.2) is 43.8 Å². The van der Waals surface area contributed by atoms with Crippen LogP contribution in [0.5, 0.6) is 5.75 Å². The normalized spacial score (nSPS) is 14.4. The third-order valence-electron chi connectivity index (χ3n) is 5.21. The van der Waals surface area contributed by atoms with Crippen molar-refractivity contribution < 1.29 is 17.9 Å². The molecular weight excluding hydrogens is 470 g/mol. The van der Waals surface area contributed by atoms with Crippen LogP contribution in [0, 0.1) is 0 Å². The van der Waals surface area contributed by atoms with Crippen molar-refractivity contribution >= 4 is 44.0 Å². The highest BCUT2D eigenvalue weighted by Gasteiger charge is 2.30. The zero-order chi connectivity index (χ0) is 22.7. The topological polar surface area (TPSA) is 88.6 Å². The minimum atomic E-state index is -3.74. The van der Waals surface area contributed by atoms with Crippen LogP contribution >= 0.6 is 22.9 Å². The Hall–Kier alpha value is -2.46. The van der Waals surface area contributed by atoms with Gasteiger partial charge in [-0.1, -0.05) is 29.8 Å². The van der Waals surface area contributed by atoms with Gasteiger partial charge in [-0.2, -0.15) is 4.31 Å². The van der Waals surface area contributed by atoms with E-state index in [1.54, 1.807) is 6.20 Å². The smallest absolute Gasteiger partial charge is 0.257 e. The fraction of sp³-hybridized carbons (Fsp3) is 0.273. The number of nitrogens with zero attached hydrogens (tertiary/aromatic N) is 2. The van der Waals surface area contributed by atoms with Gasteiger partial charge in [0.15, 0.2) is 5.13 Å². The Morgan fingerprint density at radius 1 is 1.22 bits per heavy atom. The molecule has 10 heteroatoms. The summed E-state index contributed by atoms with van der Waals surface area (Å²) in [7, 11) is -2.33. The minimum absolute atomic E-state index is 0.00639. The molecule has 32 heavy (non-hydrogen) atoms. The van der Waals surface area contributed by atoms with E-state index in [-0.39, 0.29) is 16.2 Å². The summed E-state index contributed by atoms with van der Waals surface area (Å²) in [5, 5.41) is 3.86. The van der Waals surface area contributed by atoms with Crippen molar-refractivity contribution in [2.24, 2.45) is 0 Å². The number of benzene rings is 2. The molecule has 0 saturated carbocycles. The summed E-state index contributed by atoms with van der Waals surface area (Å²) < 4.78 is 32.8. The highest BCUT2D eigenvalue weighted by Crippen LogP contribution is 2.30. The number of halogens is 1. The van der Waals surface area contributed by atoms with Crippen LogP contribution in [0.25, 0.3) is 0 Å². The summed E-state index contributed by atoms with van der Waals surface area (Å²) in [6, 6.07) is 12.0. The maximum Gasteiger partial charge on any atom is 0.257 e. The first-order valence-electron chi connectivity index (χ1n) is 10.1. The molecule has 1 amide bonds. The summed E-state index contributed by atoms with van der Waals surface area (Å²) in [6.07, 6.45) is 3.94. The minimum Gasteiger partial charge on any atom is -0.495 e. The molecule has 0 unspecified atom stereocenters. The van der Waals surface area contributed by atoms with Crippen LogP contribution in [0.2, 0.25) is 5.02 Å². The molecule has 1 N–H and O–H groups in total. The van der Waals surface area contributed by atoms with E-state index >= 15 is 0 Å². The SMILES string of the molecule is COc1ccc(C(=O)Nc2ncc(Cc3ccccc3Cl)s2)cc1S(=O)(=O)N1CCCC1. The van der Waals surface area contributed by atoms with E-state index in [9.17, 15) is 13.2 Å². The summed E-state index contributed by atoms with van der Waals surface area (Å²) in [5.41, 5.74) is 1.19. The second-order valence-electron chi connectivity index (χ2n) is 7.33. The van der Waals surface area contributed by atoms with Crippen molar-refractivity contribution in [3.8, 4) is 5.75 Å². The van der Waals surface area contributed by atoms with Crippen LogP contribution in [0.4, 0.5) is 5.13 Å². The Labute approximate surface area is 196 Å². The van der Waals surface area contributed by atoms with Gasteiger partial charge in [-0.15, -0.1) is 11.3 Å². The third-order valence-corrected chi connectivity index (χ3v) is 8.41. The lowest BCUT2D eigenvalue weighted by atomic mass is 10.1. The molecule has 1 aromatic heterocycles. The van der Waals surface area contributed by atoms with Gasteiger partial charge in [0.2, 0.25) is 10.0 Å². The number of carbonyl (C=O) groups excluding carboxylic acids is 1. The van der Waals surface area contributed by atoms with E-state index < -0.39 is 15.9 Å². The number of sulfonamides is 1. The summed E-state index contributed by atoms with van der Waals surface area (Å²) in [4.78, 5) is 18.0. The first-order chi connectivity index (χ1) is 15.4. The number of nitrogens with one attached hydrogen (secondary N) is 1. The second kappa shape index (κ2) is 9.58. The average molecular weight is 492 g/mol. The van der Waals surface area contributed by atoms with Gasteiger partial charge in [-0.25, -0.2) is 13.4 Å². The largest absolute Gasteiger partial charge is 0.495 e. The Morgan fingerprint density at radius 2 is 1.97 bits per heavy atom. The first kappa shape index (κ1) is 22.7. The van der Waals surface area contributed by atoms with Crippen LogP contribution < -0.4 is 10.1 Å². The summed E-state index contributed by atoms with van der Waals surface area (Å²) in [5.74, 6) is -0.228. The van der Waals surface area contributed by atoms with E-state index in [0.717, 1.165) is 23.3 Å². The fourth-order valence-corrected chi connectivity index (χ4v) is 6.26. The van der Waals surface area contributed by atoms with Crippen LogP contribution in [0.1, 0.15) is 33.6 Å². The Morgan fingerprint density at radius 3 is 2.69 bits per heavy atom. The Balaban J connectivity index is 1.53. The highest BCUT2D eigenvalue weighted by molar-refractivity contribution is 7.89. The van der Waals surface area contributed by atoms with Gasteiger partial charge in [-0.3, -0.25) is 10.1 Å². The third kappa shape index (κ3) is 4.80. The molecule has 1 saturated heterocycles. The Bertz CT molecular complexity index is 1240. The number of hydrogen-bond acceptors (Lipinski definition) is 6. The molecule has 4 rings (SSSR count). The number of methoxy groups -OCH3 is 1. The quantitative estimate of drug-likeness (QED) is 0.528. The lowest BCUT2D eigenvalue weighted by Crippen LogP contribution is -2.28. The number of thiazole rings is 1. The number of ether oxygens (including phenoxy) is 1. The van der Waals surface area contributed by atoms with Gasteiger partial charge in [0.05, 0.1) is 7.11 Å². The fourth-order valence-electron chi connectivity index (χ4n) is 3.53. The molecule has 1 aliphatic rings. The summed E-state index contributed by atoms with van der Waals surface area (Å²) >= 11 is 7.56. The van der Waals surface area contributed by atoms with Crippen molar-refractivity contribution in [3.63, 3.8) is 0 Å². The van der Waals surface area contributed by atoms with Crippen molar-refractivity contribution in [1.82, 2.24) is 9.29 Å². The predicted molar refractivity (Wildman–Crippen MR) is 125 cm³/mol. The molecule has 1 aliphatic heterocycles. The van der Waals surface area contributed by atoms with E-state index in [1.165, 1.54) is 41.0 Å². The van der Waals surface area contributed by atoms with Crippen molar-refractivity contribution in [2.45, 2.75) is 24.2 Å². The molecule has 0 radical (unpaired) electrons. The average Bonchev–Trinajstić information content (AvgIpc) is 3.48. The van der Waals surface area contributed by atoms with Crippen molar-refractivity contribution in [2.75, 3.05) is 25.5 Å². The van der Waals surface area contributed by atoms with Crippen molar-refractivity contribution in [3.05, 3.63) is 69.7 Å². The van der Waals surface area contributed by atoms with Crippen molar-refractivity contribution in [1.29, 1.82) is 0 Å². The van der Waals surface area contributed by atoms with Gasteiger partial charge < -0.3 is 4.74 Å². The number of rotatable bonds is 7. The first-order valence-corrected chi connectivity index (χ1v) is 12.7. The van der Waals surface area contributed by atoms with Crippen LogP contribution in [0.15, 0.2) is 53.6 Å². The molecule has 0 bridgehead atoms. The number of amides is 1. The molecule has 0 spiro atoms. The molecule has 168 valence electrons. The number of anilines is 1. The predicted octanol–water partition coefficient (Wildman–Crippen LogP) is 4.43. The molecule has 0 atom stereocenters. The molecule has 2 heterocycles. The van der Waals surface area contributed by atoms with Crippen LogP contribution in [-0.2, 0) is 16.4 Å². The van der Waals surface area contributed by atoms with E-state index in [2.05, 4.69) is 10.3 Å². The van der Waals surface area contributed by atoms with E-state index in [1.807, 2.05) is 24.3 Å². The number of hydrogen-bond donors (Lipinski definition) is 1. The lowest BCUT2D eigenvalue weighted by Gasteiger charge is -2.18. The maximum absolute atomic E-state index is 13.0. The van der Waals surface area contributed by atoms with Gasteiger partial charge in [0, 0.05) is 41.2 Å². The van der Waals surface area contributed by atoms with Gasteiger partial charge >= 0.3 is 0 Å². The zero-order valence-electron chi connectivity index (χ0n) is 17.4. The van der Waals surface area contributed by atoms with Gasteiger partial charge in [0.25, 0.3) is 5.91 Å². The Kier molecular flexibility index (Phi) is 6.80. The molecule has 7 nitrogen and oxygen atoms in total. The molecule has 2 aromatic carbocycles. The number of carbonyl (C=O) groups is 1.